The van der Waals surface area contributed by atoms with Gasteiger partial charge in [0.25, 0.3) is 5.91 Å². The number of carbonyl (C=O) groups excluding carboxylic acids is 1. The van der Waals surface area contributed by atoms with Gasteiger partial charge in [0, 0.05) is 6.54 Å². The molecule has 0 aliphatic heterocycles. The Morgan fingerprint density at radius 2 is 2.00 bits per heavy atom. The summed E-state index contributed by atoms with van der Waals surface area (Å²) in [5, 5.41) is 5.68. The summed E-state index contributed by atoms with van der Waals surface area (Å²) in [6, 6.07) is 14.2. The highest BCUT2D eigenvalue weighted by Gasteiger charge is 2.14. The maximum absolute atomic E-state index is 12.2. The molecule has 0 bridgehead atoms. The Morgan fingerprint density at radius 3 is 2.76 bits per heavy atom. The summed E-state index contributed by atoms with van der Waals surface area (Å²) < 4.78 is 0. The van der Waals surface area contributed by atoms with Gasteiger partial charge in [0.05, 0.1) is 5.69 Å². The Labute approximate surface area is 126 Å². The second kappa shape index (κ2) is 5.54. The first-order valence-corrected chi connectivity index (χ1v) is 7.44. The summed E-state index contributed by atoms with van der Waals surface area (Å²) in [5.41, 5.74) is 7.39. The van der Waals surface area contributed by atoms with Gasteiger partial charge < -0.3 is 11.1 Å². The van der Waals surface area contributed by atoms with E-state index in [4.69, 9.17) is 5.73 Å². The number of benzene rings is 2. The molecular formula is C16H15N3OS. The number of hydrogen-bond acceptors (Lipinski definition) is 4. The summed E-state index contributed by atoms with van der Waals surface area (Å²) in [6.07, 6.45) is 0. The van der Waals surface area contributed by atoms with Gasteiger partial charge in [-0.25, -0.2) is 4.98 Å². The van der Waals surface area contributed by atoms with Crippen molar-refractivity contribution >= 4 is 33.1 Å². The fourth-order valence-corrected chi connectivity index (χ4v) is 3.08. The second-order valence-electron chi connectivity index (χ2n) is 4.79. The van der Waals surface area contributed by atoms with Crippen LogP contribution in [0.15, 0.2) is 42.5 Å². The fourth-order valence-electron chi connectivity index (χ4n) is 2.33. The Balaban J connectivity index is 1.81. The molecular weight excluding hydrogens is 282 g/mol. The van der Waals surface area contributed by atoms with Crippen LogP contribution < -0.4 is 11.1 Å². The van der Waals surface area contributed by atoms with Crippen LogP contribution in [0.1, 0.15) is 20.9 Å². The van der Waals surface area contributed by atoms with E-state index in [9.17, 15) is 4.79 Å². The standard InChI is InChI=1S/C16H15N3OS/c1-10-14(21-16(17)19-10)15(20)18-9-12-7-4-6-11-5-2-3-8-13(11)12/h2-8H,9H2,1H3,(H2,17,19)(H,18,20). The minimum atomic E-state index is -0.130. The molecule has 0 aliphatic rings. The number of amides is 1. The number of nitrogens with one attached hydrogen (secondary N) is 1. The van der Waals surface area contributed by atoms with Crippen LogP contribution in [0.2, 0.25) is 0 Å². The van der Waals surface area contributed by atoms with Gasteiger partial charge in [0.2, 0.25) is 0 Å². The zero-order chi connectivity index (χ0) is 14.8. The lowest BCUT2D eigenvalue weighted by Gasteiger charge is -2.08. The molecule has 0 aliphatic carbocycles. The van der Waals surface area contributed by atoms with Crippen molar-refractivity contribution in [2.45, 2.75) is 13.5 Å². The van der Waals surface area contributed by atoms with Crippen LogP contribution >= 0.6 is 11.3 Å². The number of rotatable bonds is 3. The SMILES string of the molecule is Cc1nc(N)sc1C(=O)NCc1cccc2ccccc12. The van der Waals surface area contributed by atoms with Gasteiger partial charge in [0.1, 0.15) is 4.88 Å². The fraction of sp³-hybridized carbons (Fsp3) is 0.125. The van der Waals surface area contributed by atoms with E-state index in [-0.39, 0.29) is 5.91 Å². The Hall–Kier alpha value is -2.40. The molecule has 0 saturated heterocycles. The maximum Gasteiger partial charge on any atom is 0.263 e. The number of nitrogens with two attached hydrogens (primary N) is 1. The van der Waals surface area contributed by atoms with E-state index >= 15 is 0 Å². The molecule has 0 fully saturated rings. The minimum absolute atomic E-state index is 0.130. The lowest BCUT2D eigenvalue weighted by atomic mass is 10.0. The van der Waals surface area contributed by atoms with Gasteiger partial charge in [-0.2, -0.15) is 0 Å². The predicted molar refractivity (Wildman–Crippen MR) is 86.4 cm³/mol. The highest BCUT2D eigenvalue weighted by atomic mass is 32.1. The quantitative estimate of drug-likeness (QED) is 0.780. The number of nitrogens with zero attached hydrogens (tertiary/aromatic N) is 1. The van der Waals surface area contributed by atoms with E-state index in [0.717, 1.165) is 10.9 Å². The first-order valence-electron chi connectivity index (χ1n) is 6.63. The van der Waals surface area contributed by atoms with Crippen LogP contribution in [0, 0.1) is 6.92 Å². The molecule has 3 rings (SSSR count). The molecule has 1 aromatic heterocycles. The van der Waals surface area contributed by atoms with Crippen LogP contribution in [0.25, 0.3) is 10.8 Å². The lowest BCUT2D eigenvalue weighted by Crippen LogP contribution is -2.22. The molecule has 0 radical (unpaired) electrons. The van der Waals surface area contributed by atoms with Crippen LogP contribution in [0.4, 0.5) is 5.13 Å². The number of anilines is 1. The molecule has 5 heteroatoms. The van der Waals surface area contributed by atoms with E-state index in [2.05, 4.69) is 28.5 Å². The summed E-state index contributed by atoms with van der Waals surface area (Å²) in [7, 11) is 0. The third-order valence-electron chi connectivity index (χ3n) is 3.34. The first-order chi connectivity index (χ1) is 10.1. The van der Waals surface area contributed by atoms with E-state index in [0.29, 0.717) is 22.2 Å². The largest absolute Gasteiger partial charge is 0.375 e. The van der Waals surface area contributed by atoms with Crippen molar-refractivity contribution in [1.82, 2.24) is 10.3 Å². The highest BCUT2D eigenvalue weighted by Crippen LogP contribution is 2.21. The van der Waals surface area contributed by atoms with Crippen LogP contribution in [0.3, 0.4) is 0 Å². The Morgan fingerprint density at radius 1 is 1.24 bits per heavy atom. The topological polar surface area (TPSA) is 68.0 Å². The molecule has 106 valence electrons. The summed E-state index contributed by atoms with van der Waals surface area (Å²) in [4.78, 5) is 16.8. The van der Waals surface area contributed by atoms with Crippen molar-refractivity contribution in [3.05, 3.63) is 58.6 Å². The molecule has 0 saturated carbocycles. The van der Waals surface area contributed by atoms with Gasteiger partial charge in [-0.1, -0.05) is 53.8 Å². The molecule has 2 aromatic carbocycles. The summed E-state index contributed by atoms with van der Waals surface area (Å²) in [6.45, 7) is 2.27. The third-order valence-corrected chi connectivity index (χ3v) is 4.32. The molecule has 3 N–H and O–H groups in total. The zero-order valence-corrected chi connectivity index (χ0v) is 12.4. The molecule has 0 unspecified atom stereocenters. The molecule has 3 aromatic rings. The smallest absolute Gasteiger partial charge is 0.263 e. The normalized spacial score (nSPS) is 10.7. The van der Waals surface area contributed by atoms with Crippen molar-refractivity contribution in [3.8, 4) is 0 Å². The van der Waals surface area contributed by atoms with Crippen LogP contribution in [-0.2, 0) is 6.54 Å². The van der Waals surface area contributed by atoms with Crippen molar-refractivity contribution in [2.75, 3.05) is 5.73 Å². The molecule has 0 spiro atoms. The number of thiazole rings is 1. The zero-order valence-electron chi connectivity index (χ0n) is 11.6. The average Bonchev–Trinajstić information content (AvgIpc) is 2.83. The van der Waals surface area contributed by atoms with E-state index in [1.54, 1.807) is 6.92 Å². The van der Waals surface area contributed by atoms with E-state index < -0.39 is 0 Å². The number of carbonyl (C=O) groups is 1. The van der Waals surface area contributed by atoms with E-state index in [1.807, 2.05) is 24.3 Å². The van der Waals surface area contributed by atoms with Crippen molar-refractivity contribution in [3.63, 3.8) is 0 Å². The third kappa shape index (κ3) is 2.73. The van der Waals surface area contributed by atoms with Crippen LogP contribution in [-0.4, -0.2) is 10.9 Å². The first kappa shape index (κ1) is 13.6. The molecule has 1 heterocycles. The van der Waals surface area contributed by atoms with Crippen molar-refractivity contribution in [2.24, 2.45) is 0 Å². The number of fused-ring (bicyclic) bond motifs is 1. The molecule has 1 amide bonds. The number of aromatic nitrogens is 1. The Bertz CT molecular complexity index is 805. The predicted octanol–water partition coefficient (Wildman–Crippen LogP) is 3.12. The second-order valence-corrected chi connectivity index (χ2v) is 5.82. The van der Waals surface area contributed by atoms with Gasteiger partial charge in [-0.3, -0.25) is 4.79 Å². The van der Waals surface area contributed by atoms with Crippen LogP contribution in [0.5, 0.6) is 0 Å². The monoisotopic (exact) mass is 297 g/mol. The Kier molecular flexibility index (Phi) is 3.58. The lowest BCUT2D eigenvalue weighted by molar-refractivity contribution is 0.0954. The van der Waals surface area contributed by atoms with Crippen molar-refractivity contribution < 1.29 is 4.79 Å². The van der Waals surface area contributed by atoms with E-state index in [1.165, 1.54) is 16.7 Å². The minimum Gasteiger partial charge on any atom is -0.375 e. The molecule has 21 heavy (non-hydrogen) atoms. The van der Waals surface area contributed by atoms with Gasteiger partial charge in [0.15, 0.2) is 5.13 Å². The summed E-state index contributed by atoms with van der Waals surface area (Å²) in [5.74, 6) is -0.130. The van der Waals surface area contributed by atoms with Gasteiger partial charge >= 0.3 is 0 Å². The van der Waals surface area contributed by atoms with Gasteiger partial charge in [-0.05, 0) is 23.3 Å². The van der Waals surface area contributed by atoms with Crippen molar-refractivity contribution in [1.29, 1.82) is 0 Å². The molecule has 4 nitrogen and oxygen atoms in total. The van der Waals surface area contributed by atoms with Gasteiger partial charge in [-0.15, -0.1) is 0 Å². The number of aryl methyl sites for hydroxylation is 1. The highest BCUT2D eigenvalue weighted by molar-refractivity contribution is 7.17. The summed E-state index contributed by atoms with van der Waals surface area (Å²) >= 11 is 1.22. The number of nitrogen functional groups attached to an aromatic ring is 1. The molecule has 0 atom stereocenters. The average molecular weight is 297 g/mol. The number of hydrogen-bond donors (Lipinski definition) is 2. The maximum atomic E-state index is 12.2.